The first kappa shape index (κ1) is 7.15. The molecule has 1 rings (SSSR count). The first-order valence-electron chi connectivity index (χ1n) is 2.54. The third-order valence-electron chi connectivity index (χ3n) is 0.986. The number of hydrogen-bond acceptors (Lipinski definition) is 2. The molecule has 0 spiro atoms. The third kappa shape index (κ3) is 1.51. The second-order valence-corrected chi connectivity index (χ2v) is 3.13. The minimum Gasteiger partial charge on any atom is -0.280 e. The van der Waals surface area contributed by atoms with E-state index in [9.17, 15) is 8.42 Å². The summed E-state index contributed by atoms with van der Waals surface area (Å²) in [6.07, 6.45) is 8.02. The van der Waals surface area contributed by atoms with Crippen LogP contribution in [-0.4, -0.2) is 13.0 Å². The Hall–Kier alpha value is -0.960. The van der Waals surface area contributed by atoms with Crippen molar-refractivity contribution in [1.29, 1.82) is 0 Å². The van der Waals surface area contributed by atoms with Crippen molar-refractivity contribution in [3.05, 3.63) is 35.3 Å². The Morgan fingerprint density at radius 2 is 2.20 bits per heavy atom. The molecule has 1 aliphatic carbocycles. The predicted octanol–water partition coefficient (Wildman–Crippen LogP) is 0.687. The lowest BCUT2D eigenvalue weighted by Crippen LogP contribution is -1.99. The van der Waals surface area contributed by atoms with Crippen molar-refractivity contribution in [3.63, 3.8) is 0 Å². The van der Waals surface area contributed by atoms with E-state index in [1.54, 1.807) is 0 Å². The summed E-state index contributed by atoms with van der Waals surface area (Å²) in [7, 11) is -4.02. The maximum Gasteiger partial charge on any atom is 0.319 e. The van der Waals surface area contributed by atoms with Crippen LogP contribution in [0, 0.1) is 6.08 Å². The highest BCUT2D eigenvalue weighted by Crippen LogP contribution is 2.08. The van der Waals surface area contributed by atoms with E-state index in [0.717, 1.165) is 0 Å². The fourth-order valence-electron chi connectivity index (χ4n) is 0.544. The van der Waals surface area contributed by atoms with Crippen LogP contribution in [-0.2, 0) is 10.1 Å². The molecule has 0 amide bonds. The highest BCUT2D eigenvalue weighted by Gasteiger charge is 2.16. The Bertz CT molecular complexity index is 306. The highest BCUT2D eigenvalue weighted by atomic mass is 32.2. The summed E-state index contributed by atoms with van der Waals surface area (Å²) >= 11 is 0. The molecule has 10 heavy (non-hydrogen) atoms. The van der Waals surface area contributed by atoms with Crippen LogP contribution in [0.2, 0.25) is 0 Å². The molecule has 52 valence electrons. The standard InChI is InChI=1S/C6H4O3S/c7-10(8,9)6-4-2-1-3-5-6/h2-5H/p+1. The maximum atomic E-state index is 10.4. The van der Waals surface area contributed by atoms with E-state index in [2.05, 4.69) is 6.08 Å². The normalized spacial score (nSPS) is 16.3. The summed E-state index contributed by atoms with van der Waals surface area (Å²) in [5.74, 6) is 0. The molecule has 0 saturated carbocycles. The lowest BCUT2D eigenvalue weighted by molar-refractivity contribution is 0.492. The topological polar surface area (TPSA) is 54.4 Å². The van der Waals surface area contributed by atoms with Gasteiger partial charge in [-0.05, 0) is 0 Å². The van der Waals surface area contributed by atoms with Gasteiger partial charge in [0.15, 0.2) is 0 Å². The van der Waals surface area contributed by atoms with Crippen LogP contribution in [0.15, 0.2) is 29.2 Å². The fourth-order valence-corrected chi connectivity index (χ4v) is 1.02. The lowest BCUT2D eigenvalue weighted by Gasteiger charge is -1.88. The molecule has 0 unspecified atom stereocenters. The molecule has 0 aromatic carbocycles. The van der Waals surface area contributed by atoms with Gasteiger partial charge in [0.1, 0.15) is 12.2 Å². The molecular weight excluding hydrogens is 152 g/mol. The molecule has 3 nitrogen and oxygen atoms in total. The zero-order valence-electron chi connectivity index (χ0n) is 4.98. The molecule has 1 aliphatic rings. The minimum atomic E-state index is -4.02. The summed E-state index contributed by atoms with van der Waals surface area (Å²) in [5.41, 5.74) is 0. The molecule has 0 radical (unpaired) electrons. The van der Waals surface area contributed by atoms with E-state index in [1.807, 2.05) is 0 Å². The van der Waals surface area contributed by atoms with Gasteiger partial charge in [-0.25, -0.2) is 0 Å². The van der Waals surface area contributed by atoms with Gasteiger partial charge >= 0.3 is 10.1 Å². The predicted molar refractivity (Wildman–Crippen MR) is 36.6 cm³/mol. The van der Waals surface area contributed by atoms with Gasteiger partial charge in [0.25, 0.3) is 0 Å². The highest BCUT2D eigenvalue weighted by molar-refractivity contribution is 7.90. The van der Waals surface area contributed by atoms with E-state index in [-0.39, 0.29) is 4.91 Å². The molecule has 4 heteroatoms. The number of allylic oxidation sites excluding steroid dienone is 5. The van der Waals surface area contributed by atoms with Crippen LogP contribution in [0.25, 0.3) is 0 Å². The van der Waals surface area contributed by atoms with Gasteiger partial charge in [-0.1, -0.05) is 0 Å². The first-order valence-corrected chi connectivity index (χ1v) is 3.98. The zero-order valence-corrected chi connectivity index (χ0v) is 5.80. The molecule has 0 saturated heterocycles. The molecule has 0 aromatic heterocycles. The largest absolute Gasteiger partial charge is 0.319 e. The van der Waals surface area contributed by atoms with Gasteiger partial charge in [-0.3, -0.25) is 4.55 Å². The summed E-state index contributed by atoms with van der Waals surface area (Å²) < 4.78 is 29.2. The van der Waals surface area contributed by atoms with Gasteiger partial charge in [0, 0.05) is 6.08 Å². The van der Waals surface area contributed by atoms with Crippen molar-refractivity contribution in [2.24, 2.45) is 0 Å². The molecule has 0 aliphatic heterocycles. The Morgan fingerprint density at radius 1 is 1.50 bits per heavy atom. The molecular formula is C6H5O3S+. The fraction of sp³-hybridized carbons (Fsp3) is 0. The van der Waals surface area contributed by atoms with Gasteiger partial charge in [0.2, 0.25) is 4.91 Å². The summed E-state index contributed by atoms with van der Waals surface area (Å²) in [4.78, 5) is -0.105. The molecule has 0 fully saturated rings. The van der Waals surface area contributed by atoms with Crippen LogP contribution >= 0.6 is 0 Å². The van der Waals surface area contributed by atoms with Crippen molar-refractivity contribution >= 4 is 10.1 Å². The molecule has 0 heterocycles. The maximum absolute atomic E-state index is 10.4. The van der Waals surface area contributed by atoms with Gasteiger partial charge in [-0.2, -0.15) is 8.42 Å². The Labute approximate surface area is 59.1 Å². The van der Waals surface area contributed by atoms with E-state index >= 15 is 0 Å². The van der Waals surface area contributed by atoms with Gasteiger partial charge < -0.3 is 0 Å². The van der Waals surface area contributed by atoms with E-state index in [4.69, 9.17) is 4.55 Å². The van der Waals surface area contributed by atoms with Crippen LogP contribution in [0.4, 0.5) is 0 Å². The number of hydrogen-bond donors (Lipinski definition) is 1. The van der Waals surface area contributed by atoms with Crippen molar-refractivity contribution in [2.75, 3.05) is 0 Å². The Morgan fingerprint density at radius 3 is 2.50 bits per heavy atom. The SMILES string of the molecule is O=S(=O)(O)C1=CC=[C+]C=C1. The summed E-state index contributed by atoms with van der Waals surface area (Å²) in [5, 5.41) is 0. The van der Waals surface area contributed by atoms with Crippen molar-refractivity contribution in [2.45, 2.75) is 0 Å². The first-order chi connectivity index (χ1) is 4.61. The zero-order chi connectivity index (χ0) is 7.61. The van der Waals surface area contributed by atoms with Crippen LogP contribution in [0.3, 0.4) is 0 Å². The second kappa shape index (κ2) is 2.34. The molecule has 0 atom stereocenters. The van der Waals surface area contributed by atoms with Crippen LogP contribution in [0.5, 0.6) is 0 Å². The van der Waals surface area contributed by atoms with Crippen LogP contribution in [0.1, 0.15) is 0 Å². The molecule has 1 N–H and O–H groups in total. The second-order valence-electron chi connectivity index (χ2n) is 1.71. The van der Waals surface area contributed by atoms with E-state index < -0.39 is 10.1 Å². The summed E-state index contributed by atoms with van der Waals surface area (Å²) in [6, 6.07) is 0. The molecule has 0 bridgehead atoms. The average molecular weight is 157 g/mol. The van der Waals surface area contributed by atoms with Crippen molar-refractivity contribution in [3.8, 4) is 0 Å². The van der Waals surface area contributed by atoms with Gasteiger partial charge in [0.05, 0.1) is 12.2 Å². The quantitative estimate of drug-likeness (QED) is 0.450. The van der Waals surface area contributed by atoms with E-state index in [0.29, 0.717) is 0 Å². The van der Waals surface area contributed by atoms with E-state index in [1.165, 1.54) is 24.3 Å². The van der Waals surface area contributed by atoms with Crippen molar-refractivity contribution in [1.82, 2.24) is 0 Å². The number of rotatable bonds is 1. The van der Waals surface area contributed by atoms with Gasteiger partial charge in [-0.15, -0.1) is 0 Å². The summed E-state index contributed by atoms with van der Waals surface area (Å²) in [6.45, 7) is 0. The monoisotopic (exact) mass is 157 g/mol. The molecule has 0 aromatic rings. The van der Waals surface area contributed by atoms with Crippen molar-refractivity contribution < 1.29 is 13.0 Å². The minimum absolute atomic E-state index is 0.105. The Balaban J connectivity index is 3.08. The lowest BCUT2D eigenvalue weighted by atomic mass is 10.3. The van der Waals surface area contributed by atoms with Crippen LogP contribution < -0.4 is 0 Å². The Kier molecular flexibility index (Phi) is 1.68. The third-order valence-corrected chi connectivity index (χ3v) is 1.85. The average Bonchev–Trinajstić information content (AvgIpc) is 1.88. The smallest absolute Gasteiger partial charge is 0.280 e.